The Morgan fingerprint density at radius 1 is 1.35 bits per heavy atom. The Labute approximate surface area is 140 Å². The highest BCUT2D eigenvalue weighted by Crippen LogP contribution is 2.28. The maximum absolute atomic E-state index is 12.3. The van der Waals surface area contributed by atoms with Gasteiger partial charge in [0.1, 0.15) is 0 Å². The summed E-state index contributed by atoms with van der Waals surface area (Å²) in [6.07, 6.45) is 5.62. The van der Waals surface area contributed by atoms with E-state index in [9.17, 15) is 4.79 Å². The molecule has 1 aliphatic carbocycles. The molecule has 1 heterocycles. The van der Waals surface area contributed by atoms with E-state index >= 15 is 0 Å². The predicted molar refractivity (Wildman–Crippen MR) is 93.3 cm³/mol. The van der Waals surface area contributed by atoms with Gasteiger partial charge in [0.05, 0.1) is 11.2 Å². The van der Waals surface area contributed by atoms with Crippen LogP contribution in [0.5, 0.6) is 0 Å². The van der Waals surface area contributed by atoms with Crippen molar-refractivity contribution in [1.82, 2.24) is 15.1 Å². The number of rotatable bonds is 7. The smallest absolute Gasteiger partial charge is 0.220 e. The minimum absolute atomic E-state index is 0.118. The molecule has 1 aliphatic rings. The first-order valence-corrected chi connectivity index (χ1v) is 8.91. The van der Waals surface area contributed by atoms with E-state index in [-0.39, 0.29) is 11.4 Å². The lowest BCUT2D eigenvalue weighted by atomic mass is 9.97. The van der Waals surface area contributed by atoms with Crippen LogP contribution in [0.15, 0.2) is 0 Å². The predicted octanol–water partition coefficient (Wildman–Crippen LogP) is 2.48. The first kappa shape index (κ1) is 18.0. The number of nitrogens with one attached hydrogen (secondary N) is 1. The third kappa shape index (κ3) is 4.34. The lowest BCUT2D eigenvalue weighted by Gasteiger charge is -2.28. The van der Waals surface area contributed by atoms with E-state index in [1.807, 2.05) is 6.92 Å². The van der Waals surface area contributed by atoms with Crippen LogP contribution in [0.2, 0.25) is 0 Å². The third-order valence-corrected chi connectivity index (χ3v) is 5.03. The monoisotopic (exact) mass is 320 g/mol. The highest BCUT2D eigenvalue weighted by molar-refractivity contribution is 5.77. The van der Waals surface area contributed by atoms with Crippen molar-refractivity contribution in [1.29, 1.82) is 0 Å². The second-order valence-electron chi connectivity index (χ2n) is 7.47. The fraction of sp³-hybridized carbons (Fsp3) is 0.778. The van der Waals surface area contributed by atoms with Crippen molar-refractivity contribution in [3.05, 3.63) is 17.0 Å². The molecule has 130 valence electrons. The summed E-state index contributed by atoms with van der Waals surface area (Å²) in [5, 5.41) is 7.83. The number of aryl methyl sites for hydroxylation is 1. The van der Waals surface area contributed by atoms with E-state index in [4.69, 9.17) is 5.73 Å². The van der Waals surface area contributed by atoms with Crippen molar-refractivity contribution in [3.63, 3.8) is 0 Å². The molecular weight excluding hydrogens is 288 g/mol. The molecule has 0 spiro atoms. The molecule has 0 atom stereocenters. The fourth-order valence-electron chi connectivity index (χ4n) is 3.65. The SMILES string of the molecule is Cc1nn(CC(C)C)c(C)c1CCC(=O)NC1(CN)CCCC1. The second-order valence-corrected chi connectivity index (χ2v) is 7.47. The Morgan fingerprint density at radius 2 is 2.00 bits per heavy atom. The molecule has 23 heavy (non-hydrogen) atoms. The number of carbonyl (C=O) groups is 1. The van der Waals surface area contributed by atoms with Gasteiger partial charge in [-0.1, -0.05) is 26.7 Å². The molecule has 0 bridgehead atoms. The molecule has 1 aromatic rings. The first-order chi connectivity index (χ1) is 10.9. The normalized spacial score (nSPS) is 17.0. The Bertz CT molecular complexity index is 541. The van der Waals surface area contributed by atoms with Crippen molar-refractivity contribution in [2.24, 2.45) is 11.7 Å². The van der Waals surface area contributed by atoms with Crippen LogP contribution >= 0.6 is 0 Å². The van der Waals surface area contributed by atoms with Gasteiger partial charge in [0, 0.05) is 25.2 Å². The van der Waals surface area contributed by atoms with Gasteiger partial charge in [-0.15, -0.1) is 0 Å². The zero-order chi connectivity index (χ0) is 17.0. The number of hydrogen-bond donors (Lipinski definition) is 2. The summed E-state index contributed by atoms with van der Waals surface area (Å²) < 4.78 is 2.07. The van der Waals surface area contributed by atoms with Crippen molar-refractivity contribution < 1.29 is 4.79 Å². The van der Waals surface area contributed by atoms with E-state index in [2.05, 4.69) is 35.9 Å². The molecule has 2 rings (SSSR count). The largest absolute Gasteiger partial charge is 0.349 e. The van der Waals surface area contributed by atoms with Gasteiger partial charge in [-0.2, -0.15) is 5.10 Å². The molecule has 3 N–H and O–H groups in total. The molecule has 0 aliphatic heterocycles. The molecule has 1 saturated carbocycles. The minimum Gasteiger partial charge on any atom is -0.349 e. The lowest BCUT2D eigenvalue weighted by molar-refractivity contribution is -0.122. The van der Waals surface area contributed by atoms with E-state index in [1.165, 1.54) is 11.3 Å². The van der Waals surface area contributed by atoms with Crippen LogP contribution in [0.1, 0.15) is 62.9 Å². The summed E-state index contributed by atoms with van der Waals surface area (Å²) >= 11 is 0. The van der Waals surface area contributed by atoms with Gasteiger partial charge < -0.3 is 11.1 Å². The Morgan fingerprint density at radius 3 is 2.57 bits per heavy atom. The first-order valence-electron chi connectivity index (χ1n) is 8.91. The van der Waals surface area contributed by atoms with Gasteiger partial charge in [0.2, 0.25) is 5.91 Å². The van der Waals surface area contributed by atoms with Gasteiger partial charge in [-0.3, -0.25) is 9.48 Å². The molecule has 0 aromatic carbocycles. The quantitative estimate of drug-likeness (QED) is 0.810. The average molecular weight is 320 g/mol. The van der Waals surface area contributed by atoms with Crippen LogP contribution in [0.4, 0.5) is 0 Å². The van der Waals surface area contributed by atoms with E-state index < -0.39 is 0 Å². The summed E-state index contributed by atoms with van der Waals surface area (Å²) in [6, 6.07) is 0. The van der Waals surface area contributed by atoms with Gasteiger partial charge in [-0.05, 0) is 44.6 Å². The van der Waals surface area contributed by atoms with E-state index in [0.717, 1.165) is 44.3 Å². The summed E-state index contributed by atoms with van der Waals surface area (Å²) in [5.41, 5.74) is 9.20. The molecule has 0 saturated heterocycles. The second kappa shape index (κ2) is 7.47. The number of carbonyl (C=O) groups excluding carboxylic acids is 1. The minimum atomic E-state index is -0.150. The molecule has 5 nitrogen and oxygen atoms in total. The zero-order valence-corrected chi connectivity index (χ0v) is 15.1. The number of hydrogen-bond acceptors (Lipinski definition) is 3. The van der Waals surface area contributed by atoms with Gasteiger partial charge in [0.15, 0.2) is 0 Å². The highest BCUT2D eigenvalue weighted by Gasteiger charge is 2.33. The van der Waals surface area contributed by atoms with Crippen LogP contribution in [0, 0.1) is 19.8 Å². The molecule has 0 radical (unpaired) electrons. The maximum atomic E-state index is 12.3. The summed E-state index contributed by atoms with van der Waals surface area (Å²) in [7, 11) is 0. The number of nitrogens with two attached hydrogens (primary N) is 1. The molecule has 1 aromatic heterocycles. The Hall–Kier alpha value is -1.36. The van der Waals surface area contributed by atoms with Gasteiger partial charge in [0.25, 0.3) is 0 Å². The molecule has 5 heteroatoms. The summed E-state index contributed by atoms with van der Waals surface area (Å²) in [5.74, 6) is 0.684. The van der Waals surface area contributed by atoms with Crippen LogP contribution in [0.25, 0.3) is 0 Å². The van der Waals surface area contributed by atoms with Gasteiger partial charge in [-0.25, -0.2) is 0 Å². The lowest BCUT2D eigenvalue weighted by Crippen LogP contribution is -2.51. The van der Waals surface area contributed by atoms with Crippen LogP contribution in [0.3, 0.4) is 0 Å². The molecule has 0 unspecified atom stereocenters. The van der Waals surface area contributed by atoms with Crippen molar-refractivity contribution >= 4 is 5.91 Å². The van der Waals surface area contributed by atoms with Crippen molar-refractivity contribution in [2.75, 3.05) is 6.54 Å². The number of nitrogens with zero attached hydrogens (tertiary/aromatic N) is 2. The maximum Gasteiger partial charge on any atom is 0.220 e. The molecule has 1 fully saturated rings. The van der Waals surface area contributed by atoms with Crippen LogP contribution in [-0.4, -0.2) is 27.8 Å². The summed E-state index contributed by atoms with van der Waals surface area (Å²) in [4.78, 5) is 12.3. The number of amides is 1. The standard InChI is InChI=1S/C18H32N4O/c1-13(2)11-22-15(4)16(14(3)21-22)7-8-17(23)20-18(12-19)9-5-6-10-18/h13H,5-12,19H2,1-4H3,(H,20,23). The van der Waals surface area contributed by atoms with Crippen LogP contribution < -0.4 is 11.1 Å². The van der Waals surface area contributed by atoms with Crippen molar-refractivity contribution in [3.8, 4) is 0 Å². The molecular formula is C18H32N4O. The van der Waals surface area contributed by atoms with E-state index in [1.54, 1.807) is 0 Å². The van der Waals surface area contributed by atoms with E-state index in [0.29, 0.717) is 18.9 Å². The van der Waals surface area contributed by atoms with Crippen LogP contribution in [-0.2, 0) is 17.8 Å². The summed E-state index contributed by atoms with van der Waals surface area (Å²) in [6.45, 7) is 10.00. The Balaban J connectivity index is 1.95. The average Bonchev–Trinajstić information content (AvgIpc) is 3.04. The number of aromatic nitrogens is 2. The molecule has 1 amide bonds. The third-order valence-electron chi connectivity index (χ3n) is 5.03. The fourth-order valence-corrected chi connectivity index (χ4v) is 3.65. The Kier molecular flexibility index (Phi) is 5.84. The zero-order valence-electron chi connectivity index (χ0n) is 15.1. The topological polar surface area (TPSA) is 72.9 Å². The van der Waals surface area contributed by atoms with Gasteiger partial charge >= 0.3 is 0 Å². The van der Waals surface area contributed by atoms with Crippen molar-refractivity contribution in [2.45, 2.75) is 78.3 Å². The highest BCUT2D eigenvalue weighted by atomic mass is 16.1.